The highest BCUT2D eigenvalue weighted by molar-refractivity contribution is 6.17. The van der Waals surface area contributed by atoms with Crippen LogP contribution < -0.4 is 4.74 Å². The summed E-state index contributed by atoms with van der Waals surface area (Å²) >= 11 is 5.48. The molecule has 0 N–H and O–H groups in total. The molecule has 0 fully saturated rings. The van der Waals surface area contributed by atoms with Crippen molar-refractivity contribution in [1.29, 1.82) is 0 Å². The summed E-state index contributed by atoms with van der Waals surface area (Å²) in [4.78, 5) is 12.9. The van der Waals surface area contributed by atoms with Crippen LogP contribution in [-0.4, -0.2) is 17.0 Å². The number of pyridine rings is 1. The Morgan fingerprint density at radius 1 is 1.69 bits per heavy atom. The van der Waals surface area contributed by atoms with Crippen molar-refractivity contribution < 1.29 is 18.4 Å². The predicted octanol–water partition coefficient (Wildman–Crippen LogP) is 2.67. The maximum atomic E-state index is 12.5. The highest BCUT2D eigenvalue weighted by atomic mass is 35.5. The third-order valence-corrected chi connectivity index (χ3v) is 2.10. The van der Waals surface area contributed by atoms with Crippen molar-refractivity contribution >= 4 is 17.4 Å². The molecule has 0 atom stereocenters. The van der Waals surface area contributed by atoms with Crippen LogP contribution in [0.25, 0.3) is 0 Å². The third-order valence-electron chi connectivity index (χ3n) is 1.82. The Morgan fingerprint density at radius 3 is 2.69 bits per heavy atom. The molecular formula is C8H7ClF2N2O3. The van der Waals surface area contributed by atoms with Gasteiger partial charge in [-0.1, -0.05) is 0 Å². The van der Waals surface area contributed by atoms with Gasteiger partial charge < -0.3 is 14.9 Å². The quantitative estimate of drug-likeness (QED) is 0.469. The lowest BCUT2D eigenvalue weighted by atomic mass is 10.2. The molecule has 1 aromatic rings. The number of nitro groups is 1. The summed E-state index contributed by atoms with van der Waals surface area (Å²) in [7, 11) is 1.23. The summed E-state index contributed by atoms with van der Waals surface area (Å²) < 4.78 is 29.7. The molecule has 0 aromatic carbocycles. The molecule has 0 bridgehead atoms. The van der Waals surface area contributed by atoms with E-state index in [1.54, 1.807) is 0 Å². The van der Waals surface area contributed by atoms with E-state index in [2.05, 4.69) is 4.98 Å². The van der Waals surface area contributed by atoms with E-state index in [0.717, 1.165) is 6.07 Å². The molecule has 1 aromatic heterocycles. The molecule has 8 heteroatoms. The highest BCUT2D eigenvalue weighted by Crippen LogP contribution is 2.32. The van der Waals surface area contributed by atoms with Gasteiger partial charge in [-0.25, -0.2) is 8.78 Å². The largest absolute Gasteiger partial charge is 0.463 e. The lowest BCUT2D eigenvalue weighted by Gasteiger charge is -2.05. The first-order chi connectivity index (χ1) is 7.51. The molecule has 0 saturated heterocycles. The van der Waals surface area contributed by atoms with E-state index in [4.69, 9.17) is 16.3 Å². The Bertz CT molecular complexity index is 415. The maximum Gasteiger partial charge on any atom is 0.376 e. The second kappa shape index (κ2) is 5.02. The van der Waals surface area contributed by atoms with Gasteiger partial charge in [-0.2, -0.15) is 0 Å². The Morgan fingerprint density at radius 2 is 2.31 bits per heavy atom. The molecule has 0 unspecified atom stereocenters. The monoisotopic (exact) mass is 252 g/mol. The normalized spacial score (nSPS) is 10.6. The first kappa shape index (κ1) is 12.6. The molecule has 16 heavy (non-hydrogen) atoms. The van der Waals surface area contributed by atoms with Crippen LogP contribution >= 0.6 is 11.6 Å². The molecule has 5 nitrogen and oxygen atoms in total. The summed E-state index contributed by atoms with van der Waals surface area (Å²) in [5.41, 5.74) is -0.577. The fourth-order valence-corrected chi connectivity index (χ4v) is 1.32. The maximum absolute atomic E-state index is 12.5. The van der Waals surface area contributed by atoms with Crippen molar-refractivity contribution in [3.63, 3.8) is 0 Å². The van der Waals surface area contributed by atoms with Gasteiger partial charge in [0, 0.05) is 4.98 Å². The van der Waals surface area contributed by atoms with E-state index < -0.39 is 22.7 Å². The van der Waals surface area contributed by atoms with Crippen LogP contribution in [0.5, 0.6) is 5.88 Å². The minimum Gasteiger partial charge on any atom is -0.463 e. The van der Waals surface area contributed by atoms with Gasteiger partial charge in [0.1, 0.15) is 5.56 Å². The summed E-state index contributed by atoms with van der Waals surface area (Å²) in [6.07, 6.45) is -2.99. The van der Waals surface area contributed by atoms with E-state index in [-0.39, 0.29) is 17.3 Å². The summed E-state index contributed by atoms with van der Waals surface area (Å²) in [5.74, 6) is -1.15. The Hall–Kier alpha value is -1.50. The fourth-order valence-electron chi connectivity index (χ4n) is 1.13. The van der Waals surface area contributed by atoms with E-state index in [9.17, 15) is 18.9 Å². The van der Waals surface area contributed by atoms with Gasteiger partial charge >= 0.3 is 11.7 Å². The van der Waals surface area contributed by atoms with Crippen molar-refractivity contribution in [1.82, 2.24) is 4.98 Å². The molecule has 0 aliphatic carbocycles. The standard InChI is InChI=1S/C8H7ClF2N2O3/c1-16-8-4(3-9)2-5(6(10)11)7(12-8)13(14)15/h2,6H,3H2,1H3. The zero-order chi connectivity index (χ0) is 12.3. The minimum absolute atomic E-state index is 0.117. The molecule has 88 valence electrons. The first-order valence-corrected chi connectivity index (χ1v) is 4.61. The molecule has 0 radical (unpaired) electrons. The number of hydrogen-bond acceptors (Lipinski definition) is 4. The molecule has 1 heterocycles. The van der Waals surface area contributed by atoms with Gasteiger partial charge in [-0.3, -0.25) is 0 Å². The van der Waals surface area contributed by atoms with Crippen LogP contribution in [0.4, 0.5) is 14.6 Å². The van der Waals surface area contributed by atoms with Crippen LogP contribution in [0.3, 0.4) is 0 Å². The highest BCUT2D eigenvalue weighted by Gasteiger charge is 2.27. The van der Waals surface area contributed by atoms with E-state index in [1.165, 1.54) is 7.11 Å². The average molecular weight is 253 g/mol. The third kappa shape index (κ3) is 2.35. The van der Waals surface area contributed by atoms with Crippen molar-refractivity contribution in [2.24, 2.45) is 0 Å². The SMILES string of the molecule is COc1nc([N+](=O)[O-])c(C(F)F)cc1CCl. The number of hydrogen-bond donors (Lipinski definition) is 0. The van der Waals surface area contributed by atoms with Gasteiger partial charge in [-0.05, 0) is 11.0 Å². The number of alkyl halides is 3. The van der Waals surface area contributed by atoms with E-state index in [1.807, 2.05) is 0 Å². The Kier molecular flexibility index (Phi) is 3.94. The van der Waals surface area contributed by atoms with Gasteiger partial charge in [0.05, 0.1) is 18.6 Å². The minimum atomic E-state index is -2.99. The fraction of sp³-hybridized carbons (Fsp3) is 0.375. The number of halogens is 3. The van der Waals surface area contributed by atoms with Crippen molar-refractivity contribution in [3.8, 4) is 5.88 Å². The lowest BCUT2D eigenvalue weighted by molar-refractivity contribution is -0.391. The molecule has 0 spiro atoms. The van der Waals surface area contributed by atoms with Crippen LogP contribution in [0.1, 0.15) is 17.6 Å². The average Bonchev–Trinajstić information content (AvgIpc) is 2.26. The number of nitrogens with zero attached hydrogens (tertiary/aromatic N) is 2. The molecule has 0 amide bonds. The zero-order valence-electron chi connectivity index (χ0n) is 8.11. The number of rotatable bonds is 4. The molecule has 0 aliphatic rings. The smallest absolute Gasteiger partial charge is 0.376 e. The Labute approximate surface area is 94.1 Å². The van der Waals surface area contributed by atoms with Gasteiger partial charge in [0.25, 0.3) is 6.43 Å². The summed E-state index contributed by atoms with van der Waals surface area (Å²) in [6, 6.07) is 0.932. The number of ether oxygens (including phenoxy) is 1. The molecule has 1 rings (SSSR count). The molecular weight excluding hydrogens is 246 g/mol. The second-order valence-electron chi connectivity index (χ2n) is 2.76. The summed E-state index contributed by atoms with van der Waals surface area (Å²) in [6.45, 7) is 0. The van der Waals surface area contributed by atoms with Crippen molar-refractivity contribution in [3.05, 3.63) is 27.3 Å². The van der Waals surface area contributed by atoms with Gasteiger partial charge in [0.2, 0.25) is 0 Å². The summed E-state index contributed by atoms with van der Waals surface area (Å²) in [5, 5.41) is 10.5. The van der Waals surface area contributed by atoms with Gasteiger partial charge in [0.15, 0.2) is 0 Å². The lowest BCUT2D eigenvalue weighted by Crippen LogP contribution is -2.03. The van der Waals surface area contributed by atoms with Crippen LogP contribution in [0, 0.1) is 10.1 Å². The predicted molar refractivity (Wildman–Crippen MR) is 52.0 cm³/mol. The molecule has 0 saturated carbocycles. The van der Waals surface area contributed by atoms with E-state index in [0.29, 0.717) is 0 Å². The van der Waals surface area contributed by atoms with Crippen LogP contribution in [-0.2, 0) is 5.88 Å². The zero-order valence-corrected chi connectivity index (χ0v) is 8.87. The van der Waals surface area contributed by atoms with Crippen LogP contribution in [0.2, 0.25) is 0 Å². The first-order valence-electron chi connectivity index (χ1n) is 4.07. The topological polar surface area (TPSA) is 65.3 Å². The van der Waals surface area contributed by atoms with Crippen molar-refractivity contribution in [2.45, 2.75) is 12.3 Å². The van der Waals surface area contributed by atoms with E-state index >= 15 is 0 Å². The van der Waals surface area contributed by atoms with Gasteiger partial charge in [-0.15, -0.1) is 11.6 Å². The Balaban J connectivity index is 3.41. The van der Waals surface area contributed by atoms with Crippen molar-refractivity contribution in [2.75, 3.05) is 7.11 Å². The molecule has 0 aliphatic heterocycles. The number of aromatic nitrogens is 1. The number of methoxy groups -OCH3 is 1. The second-order valence-corrected chi connectivity index (χ2v) is 3.03. The van der Waals surface area contributed by atoms with Crippen LogP contribution in [0.15, 0.2) is 6.07 Å².